The molecule has 0 unspecified atom stereocenters. The molecule has 3 aromatic rings. The minimum Gasteiger partial charge on any atom is -0.356 e. The summed E-state index contributed by atoms with van der Waals surface area (Å²) in [5.41, 5.74) is 2.77. The largest absolute Gasteiger partial charge is 0.356 e. The summed E-state index contributed by atoms with van der Waals surface area (Å²) in [6, 6.07) is 17.3. The van der Waals surface area contributed by atoms with Crippen LogP contribution >= 0.6 is 11.8 Å². The second kappa shape index (κ2) is 9.32. The molecule has 0 aliphatic carbocycles. The van der Waals surface area contributed by atoms with Gasteiger partial charge < -0.3 is 5.32 Å². The molecule has 0 bridgehead atoms. The lowest BCUT2D eigenvalue weighted by Crippen LogP contribution is -2.23. The molecular formula is C21H22N4O2S. The van der Waals surface area contributed by atoms with E-state index in [4.69, 9.17) is 0 Å². The average Bonchev–Trinajstić information content (AvgIpc) is 3.10. The maximum atomic E-state index is 12.4. The number of Topliss-reactive ketones (excluding diaryl/α,β-unsaturated/α-hetero) is 1. The maximum absolute atomic E-state index is 12.4. The molecule has 1 N–H and O–H groups in total. The highest BCUT2D eigenvalue weighted by molar-refractivity contribution is 7.99. The molecule has 2 aromatic carbocycles. The molecule has 0 saturated carbocycles. The van der Waals surface area contributed by atoms with E-state index in [9.17, 15) is 9.59 Å². The highest BCUT2D eigenvalue weighted by atomic mass is 32.2. The van der Waals surface area contributed by atoms with Crippen LogP contribution in [-0.2, 0) is 11.2 Å². The zero-order valence-electron chi connectivity index (χ0n) is 15.9. The molecule has 0 saturated heterocycles. The molecule has 0 fully saturated rings. The van der Waals surface area contributed by atoms with Crippen molar-refractivity contribution in [2.75, 3.05) is 12.3 Å². The van der Waals surface area contributed by atoms with Gasteiger partial charge in [0.15, 0.2) is 10.9 Å². The predicted octanol–water partition coefficient (Wildman–Crippen LogP) is 3.23. The van der Waals surface area contributed by atoms with E-state index in [-0.39, 0.29) is 17.4 Å². The van der Waals surface area contributed by atoms with Crippen molar-refractivity contribution in [1.29, 1.82) is 0 Å². The standard InChI is InChI=1S/C21H22N4O2S/c1-15-8-10-18(11-9-15)25-20(12-13-22-16(2)26)23-24-21(25)28-14-19(27)17-6-4-3-5-7-17/h3-11H,12-14H2,1-2H3,(H,22,26). The summed E-state index contributed by atoms with van der Waals surface area (Å²) >= 11 is 1.36. The van der Waals surface area contributed by atoms with Crippen LogP contribution in [0.25, 0.3) is 5.69 Å². The van der Waals surface area contributed by atoms with Crippen LogP contribution in [0.4, 0.5) is 0 Å². The number of thioether (sulfide) groups is 1. The second-order valence-electron chi connectivity index (χ2n) is 6.38. The number of ketones is 1. The summed E-state index contributed by atoms with van der Waals surface area (Å²) in [5, 5.41) is 12.0. The van der Waals surface area contributed by atoms with Crippen LogP contribution in [0.15, 0.2) is 59.8 Å². The third-order valence-corrected chi connectivity index (χ3v) is 5.07. The Bertz CT molecular complexity index is 952. The van der Waals surface area contributed by atoms with Crippen LogP contribution in [0.1, 0.15) is 28.7 Å². The summed E-state index contributed by atoms with van der Waals surface area (Å²) in [4.78, 5) is 23.6. The predicted molar refractivity (Wildman–Crippen MR) is 110 cm³/mol. The van der Waals surface area contributed by atoms with Gasteiger partial charge in [0.2, 0.25) is 5.91 Å². The van der Waals surface area contributed by atoms with Gasteiger partial charge in [-0.05, 0) is 19.1 Å². The van der Waals surface area contributed by atoms with Gasteiger partial charge in [-0.3, -0.25) is 14.2 Å². The van der Waals surface area contributed by atoms with Crippen molar-refractivity contribution in [3.63, 3.8) is 0 Å². The number of aromatic nitrogens is 3. The van der Waals surface area contributed by atoms with Gasteiger partial charge >= 0.3 is 0 Å². The quantitative estimate of drug-likeness (QED) is 0.469. The zero-order chi connectivity index (χ0) is 19.9. The van der Waals surface area contributed by atoms with Crippen molar-refractivity contribution in [2.45, 2.75) is 25.4 Å². The number of rotatable bonds is 8. The monoisotopic (exact) mass is 394 g/mol. The molecule has 6 nitrogen and oxygen atoms in total. The summed E-state index contributed by atoms with van der Waals surface area (Å²) < 4.78 is 1.95. The SMILES string of the molecule is CC(=O)NCCc1nnc(SCC(=O)c2ccccc2)n1-c1ccc(C)cc1. The molecule has 3 rings (SSSR count). The minimum absolute atomic E-state index is 0.0452. The summed E-state index contributed by atoms with van der Waals surface area (Å²) in [5.74, 6) is 0.986. The van der Waals surface area contributed by atoms with E-state index >= 15 is 0 Å². The highest BCUT2D eigenvalue weighted by Gasteiger charge is 2.16. The Balaban J connectivity index is 1.81. The van der Waals surface area contributed by atoms with Crippen molar-refractivity contribution in [3.8, 4) is 5.69 Å². The number of aryl methyl sites for hydroxylation is 1. The van der Waals surface area contributed by atoms with Gasteiger partial charge in [0, 0.05) is 31.1 Å². The maximum Gasteiger partial charge on any atom is 0.216 e. The first-order valence-corrected chi connectivity index (χ1v) is 10.00. The number of carbonyl (C=O) groups is 2. The summed E-state index contributed by atoms with van der Waals surface area (Å²) in [7, 11) is 0. The first kappa shape index (κ1) is 19.8. The van der Waals surface area contributed by atoms with E-state index in [1.54, 1.807) is 0 Å². The van der Waals surface area contributed by atoms with Crippen LogP contribution in [0, 0.1) is 6.92 Å². The van der Waals surface area contributed by atoms with Gasteiger partial charge in [-0.1, -0.05) is 59.8 Å². The Labute approximate surface area is 168 Å². The molecule has 0 atom stereocenters. The van der Waals surface area contributed by atoms with E-state index in [1.807, 2.05) is 66.1 Å². The molecule has 0 aliphatic rings. The third kappa shape index (κ3) is 5.07. The Hall–Kier alpha value is -2.93. The molecule has 144 valence electrons. The van der Waals surface area contributed by atoms with Gasteiger partial charge in [-0.15, -0.1) is 10.2 Å². The van der Waals surface area contributed by atoms with Gasteiger partial charge in [-0.2, -0.15) is 0 Å². The first-order chi connectivity index (χ1) is 13.5. The lowest BCUT2D eigenvalue weighted by Gasteiger charge is -2.11. The number of nitrogens with zero attached hydrogens (tertiary/aromatic N) is 3. The van der Waals surface area contributed by atoms with Crippen LogP contribution in [0.3, 0.4) is 0 Å². The number of amides is 1. The highest BCUT2D eigenvalue weighted by Crippen LogP contribution is 2.23. The second-order valence-corrected chi connectivity index (χ2v) is 7.32. The summed E-state index contributed by atoms with van der Waals surface area (Å²) in [6.45, 7) is 4.00. The molecule has 1 heterocycles. The normalized spacial score (nSPS) is 10.6. The molecule has 0 spiro atoms. The van der Waals surface area contributed by atoms with E-state index in [0.717, 1.165) is 17.1 Å². The smallest absolute Gasteiger partial charge is 0.216 e. The van der Waals surface area contributed by atoms with Gasteiger partial charge in [0.05, 0.1) is 5.75 Å². The molecule has 1 amide bonds. The van der Waals surface area contributed by atoms with E-state index < -0.39 is 0 Å². The third-order valence-electron chi connectivity index (χ3n) is 4.14. The molecule has 28 heavy (non-hydrogen) atoms. The average molecular weight is 395 g/mol. The Morgan fingerprint density at radius 2 is 1.75 bits per heavy atom. The molecule has 1 aromatic heterocycles. The fourth-order valence-corrected chi connectivity index (χ4v) is 3.56. The minimum atomic E-state index is -0.0792. The van der Waals surface area contributed by atoms with Crippen molar-refractivity contribution in [1.82, 2.24) is 20.1 Å². The van der Waals surface area contributed by atoms with Crippen LogP contribution in [-0.4, -0.2) is 38.8 Å². The molecular weight excluding hydrogens is 372 g/mol. The van der Waals surface area contributed by atoms with Crippen molar-refractivity contribution >= 4 is 23.5 Å². The van der Waals surface area contributed by atoms with Crippen molar-refractivity contribution < 1.29 is 9.59 Å². The van der Waals surface area contributed by atoms with Gasteiger partial charge in [-0.25, -0.2) is 0 Å². The van der Waals surface area contributed by atoms with E-state index in [0.29, 0.717) is 23.7 Å². The van der Waals surface area contributed by atoms with Crippen LogP contribution in [0.2, 0.25) is 0 Å². The zero-order valence-corrected chi connectivity index (χ0v) is 16.7. The number of carbonyl (C=O) groups excluding carboxylic acids is 2. The first-order valence-electron chi connectivity index (χ1n) is 9.01. The molecule has 7 heteroatoms. The van der Waals surface area contributed by atoms with Crippen LogP contribution < -0.4 is 5.32 Å². The fraction of sp³-hybridized carbons (Fsp3) is 0.238. The number of nitrogens with one attached hydrogen (secondary N) is 1. The number of hydrogen-bond acceptors (Lipinski definition) is 5. The van der Waals surface area contributed by atoms with Crippen molar-refractivity contribution in [3.05, 3.63) is 71.5 Å². The number of hydrogen-bond donors (Lipinski definition) is 1. The van der Waals surface area contributed by atoms with E-state index in [2.05, 4.69) is 15.5 Å². The lowest BCUT2D eigenvalue weighted by molar-refractivity contribution is -0.118. The Morgan fingerprint density at radius 3 is 2.43 bits per heavy atom. The van der Waals surface area contributed by atoms with Crippen LogP contribution in [0.5, 0.6) is 0 Å². The molecule has 0 radical (unpaired) electrons. The Morgan fingerprint density at radius 1 is 1.04 bits per heavy atom. The van der Waals surface area contributed by atoms with E-state index in [1.165, 1.54) is 18.7 Å². The molecule has 0 aliphatic heterocycles. The Kier molecular flexibility index (Phi) is 6.60. The van der Waals surface area contributed by atoms with Crippen molar-refractivity contribution in [2.24, 2.45) is 0 Å². The van der Waals surface area contributed by atoms with Gasteiger partial charge in [0.25, 0.3) is 0 Å². The summed E-state index contributed by atoms with van der Waals surface area (Å²) in [6.07, 6.45) is 0.549. The lowest BCUT2D eigenvalue weighted by atomic mass is 10.2. The van der Waals surface area contributed by atoms with Gasteiger partial charge in [0.1, 0.15) is 5.82 Å². The fourth-order valence-electron chi connectivity index (χ4n) is 2.70. The number of benzene rings is 2. The topological polar surface area (TPSA) is 76.9 Å².